The van der Waals surface area contributed by atoms with Crippen LogP contribution in [0.25, 0.3) is 5.76 Å². The van der Waals surface area contributed by atoms with Gasteiger partial charge in [0.25, 0.3) is 10.0 Å². The third kappa shape index (κ3) is 2.41. The van der Waals surface area contributed by atoms with Gasteiger partial charge in [-0.05, 0) is 12.1 Å². The molecule has 1 aliphatic rings. The van der Waals surface area contributed by atoms with Gasteiger partial charge in [-0.15, -0.1) is 0 Å². The van der Waals surface area contributed by atoms with Gasteiger partial charge in [-0.1, -0.05) is 12.1 Å². The van der Waals surface area contributed by atoms with E-state index in [1.165, 1.54) is 18.2 Å². The summed E-state index contributed by atoms with van der Waals surface area (Å²) in [6.45, 7) is 3.23. The summed E-state index contributed by atoms with van der Waals surface area (Å²) in [7, 11) is -4.23. The molecule has 0 unspecified atom stereocenters. The molecule has 0 atom stereocenters. The highest BCUT2D eigenvalue weighted by atomic mass is 32.2. The smallest absolute Gasteiger partial charge is 0.308 e. The van der Waals surface area contributed by atoms with Gasteiger partial charge in [-0.2, -0.15) is 4.31 Å². The fourth-order valence-electron chi connectivity index (χ4n) is 2.19. The molecule has 0 saturated heterocycles. The standard InChI is InChI=1S/C14H13NO6S/c1-8(16)13-14(21-10(3)18)11-6-4-5-7-12(11)22(19,20)15(13)9(2)17/h4-7H,1-3H3. The van der Waals surface area contributed by atoms with E-state index in [1.54, 1.807) is 6.07 Å². The molecule has 116 valence electrons. The maximum absolute atomic E-state index is 12.6. The molecule has 0 aromatic heterocycles. The highest BCUT2D eigenvalue weighted by Crippen LogP contribution is 2.37. The lowest BCUT2D eigenvalue weighted by Crippen LogP contribution is -2.40. The monoisotopic (exact) mass is 323 g/mol. The summed E-state index contributed by atoms with van der Waals surface area (Å²) in [5, 5.41) is 0. The molecule has 0 spiro atoms. The summed E-state index contributed by atoms with van der Waals surface area (Å²) in [4.78, 5) is 34.8. The van der Waals surface area contributed by atoms with Crippen LogP contribution in [0, 0.1) is 0 Å². The average molecular weight is 323 g/mol. The molecule has 0 aliphatic carbocycles. The largest absolute Gasteiger partial charge is 0.424 e. The van der Waals surface area contributed by atoms with Crippen molar-refractivity contribution in [1.82, 2.24) is 4.31 Å². The molecule has 1 heterocycles. The van der Waals surface area contributed by atoms with Crippen LogP contribution in [-0.4, -0.2) is 30.4 Å². The van der Waals surface area contributed by atoms with Crippen molar-refractivity contribution in [2.75, 3.05) is 0 Å². The molecule has 1 aromatic carbocycles. The molecule has 0 N–H and O–H groups in total. The zero-order chi connectivity index (χ0) is 16.7. The Bertz CT molecular complexity index is 821. The van der Waals surface area contributed by atoms with Crippen LogP contribution in [0.2, 0.25) is 0 Å². The minimum Gasteiger partial charge on any atom is -0.424 e. The van der Waals surface area contributed by atoms with Crippen LogP contribution in [0.5, 0.6) is 0 Å². The number of rotatable bonds is 2. The van der Waals surface area contributed by atoms with Gasteiger partial charge in [0.1, 0.15) is 5.70 Å². The molecular weight excluding hydrogens is 310 g/mol. The number of hydrogen-bond acceptors (Lipinski definition) is 6. The highest BCUT2D eigenvalue weighted by Gasteiger charge is 2.42. The van der Waals surface area contributed by atoms with Crippen LogP contribution >= 0.6 is 0 Å². The topological polar surface area (TPSA) is 97.8 Å². The Morgan fingerprint density at radius 3 is 2.14 bits per heavy atom. The summed E-state index contributed by atoms with van der Waals surface area (Å²) >= 11 is 0. The maximum atomic E-state index is 12.6. The number of fused-ring (bicyclic) bond motifs is 1. The van der Waals surface area contributed by atoms with Crippen molar-refractivity contribution in [3.05, 3.63) is 35.5 Å². The van der Waals surface area contributed by atoms with Crippen LogP contribution in [0.3, 0.4) is 0 Å². The van der Waals surface area contributed by atoms with E-state index in [2.05, 4.69) is 0 Å². The second kappa shape index (κ2) is 5.38. The number of carbonyl (C=O) groups is 3. The molecule has 1 amide bonds. The second-order valence-electron chi connectivity index (χ2n) is 4.61. The Labute approximate surface area is 127 Å². The van der Waals surface area contributed by atoms with E-state index in [1.807, 2.05) is 0 Å². The van der Waals surface area contributed by atoms with Crippen LogP contribution in [0.4, 0.5) is 0 Å². The third-order valence-corrected chi connectivity index (χ3v) is 4.77. The Morgan fingerprint density at radius 1 is 1.05 bits per heavy atom. The van der Waals surface area contributed by atoms with Crippen molar-refractivity contribution >= 4 is 33.4 Å². The minimum atomic E-state index is -4.23. The number of carbonyl (C=O) groups excluding carboxylic acids is 3. The van der Waals surface area contributed by atoms with Gasteiger partial charge in [0.2, 0.25) is 5.91 Å². The SMILES string of the molecule is CC(=O)OC1=C(C(C)=O)N(C(C)=O)S(=O)(=O)c2ccccc21. The van der Waals surface area contributed by atoms with Crippen molar-refractivity contribution in [3.8, 4) is 0 Å². The van der Waals surface area contributed by atoms with Gasteiger partial charge in [0.15, 0.2) is 11.5 Å². The molecular formula is C14H13NO6S. The van der Waals surface area contributed by atoms with Crippen molar-refractivity contribution in [1.29, 1.82) is 0 Å². The van der Waals surface area contributed by atoms with Gasteiger partial charge in [0.05, 0.1) is 4.90 Å². The average Bonchev–Trinajstić information content (AvgIpc) is 2.40. The summed E-state index contributed by atoms with van der Waals surface area (Å²) in [5.41, 5.74) is -0.401. The second-order valence-corrected chi connectivity index (χ2v) is 6.37. The maximum Gasteiger partial charge on any atom is 0.308 e. The quantitative estimate of drug-likeness (QED) is 0.755. The first-order valence-corrected chi connectivity index (χ1v) is 7.71. The molecule has 8 heteroatoms. The molecule has 2 rings (SSSR count). The molecule has 7 nitrogen and oxygen atoms in total. The molecule has 0 fully saturated rings. The van der Waals surface area contributed by atoms with E-state index < -0.39 is 33.4 Å². The van der Waals surface area contributed by atoms with Crippen LogP contribution < -0.4 is 0 Å². The summed E-state index contributed by atoms with van der Waals surface area (Å²) in [6, 6.07) is 5.70. The number of amides is 1. The third-order valence-electron chi connectivity index (χ3n) is 2.93. The van der Waals surface area contributed by atoms with Gasteiger partial charge < -0.3 is 4.74 Å². The highest BCUT2D eigenvalue weighted by molar-refractivity contribution is 7.90. The Balaban J connectivity index is 2.93. The van der Waals surface area contributed by atoms with E-state index in [4.69, 9.17) is 4.74 Å². The first-order valence-electron chi connectivity index (χ1n) is 6.27. The van der Waals surface area contributed by atoms with Crippen molar-refractivity contribution in [2.45, 2.75) is 25.7 Å². The van der Waals surface area contributed by atoms with Crippen LogP contribution in [0.15, 0.2) is 34.9 Å². The van der Waals surface area contributed by atoms with E-state index in [0.717, 1.165) is 20.8 Å². The fraction of sp³-hybridized carbons (Fsp3) is 0.214. The number of benzene rings is 1. The van der Waals surface area contributed by atoms with Crippen molar-refractivity contribution < 1.29 is 27.5 Å². The number of ketones is 1. The zero-order valence-corrected chi connectivity index (χ0v) is 12.9. The normalized spacial score (nSPS) is 16.0. The first kappa shape index (κ1) is 15.9. The predicted octanol–water partition coefficient (Wildman–Crippen LogP) is 1.06. The van der Waals surface area contributed by atoms with Gasteiger partial charge in [-0.3, -0.25) is 14.4 Å². The predicted molar refractivity (Wildman–Crippen MR) is 75.5 cm³/mol. The van der Waals surface area contributed by atoms with Crippen LogP contribution in [0.1, 0.15) is 26.3 Å². The molecule has 22 heavy (non-hydrogen) atoms. The summed E-state index contributed by atoms with van der Waals surface area (Å²) in [5.74, 6) is -2.54. The molecule has 0 radical (unpaired) electrons. The lowest BCUT2D eigenvalue weighted by Gasteiger charge is -2.29. The fourth-order valence-corrected chi connectivity index (χ4v) is 3.87. The zero-order valence-electron chi connectivity index (χ0n) is 12.1. The van der Waals surface area contributed by atoms with Crippen LogP contribution in [-0.2, 0) is 29.1 Å². The number of nitrogens with zero attached hydrogens (tertiary/aromatic N) is 1. The van der Waals surface area contributed by atoms with Gasteiger partial charge in [-0.25, -0.2) is 8.42 Å². The lowest BCUT2D eigenvalue weighted by molar-refractivity contribution is -0.134. The number of sulfonamides is 1. The number of ether oxygens (including phenoxy) is 1. The van der Waals surface area contributed by atoms with Crippen molar-refractivity contribution in [2.24, 2.45) is 0 Å². The molecule has 0 saturated carbocycles. The molecule has 1 aromatic rings. The number of hydrogen-bond donors (Lipinski definition) is 0. The molecule has 0 bridgehead atoms. The first-order chi connectivity index (χ1) is 10.2. The Kier molecular flexibility index (Phi) is 3.89. The lowest BCUT2D eigenvalue weighted by atomic mass is 10.1. The van der Waals surface area contributed by atoms with E-state index in [-0.39, 0.29) is 16.2 Å². The van der Waals surface area contributed by atoms with E-state index in [9.17, 15) is 22.8 Å². The Morgan fingerprint density at radius 2 is 1.64 bits per heavy atom. The molecule has 1 aliphatic heterocycles. The summed E-state index contributed by atoms with van der Waals surface area (Å²) < 4.78 is 30.5. The number of esters is 1. The van der Waals surface area contributed by atoms with E-state index in [0.29, 0.717) is 4.31 Å². The minimum absolute atomic E-state index is 0.0698. The van der Waals surface area contributed by atoms with Gasteiger partial charge >= 0.3 is 5.97 Å². The van der Waals surface area contributed by atoms with Crippen molar-refractivity contribution in [3.63, 3.8) is 0 Å². The van der Waals surface area contributed by atoms with Gasteiger partial charge in [0, 0.05) is 26.3 Å². The number of allylic oxidation sites excluding steroid dienone is 1. The Hall–Kier alpha value is -2.48. The van der Waals surface area contributed by atoms with E-state index >= 15 is 0 Å². The number of Topliss-reactive ketones (excluding diaryl/α,β-unsaturated/α-hetero) is 1. The summed E-state index contributed by atoms with van der Waals surface area (Å²) in [6.07, 6.45) is 0.